The number of hydrogen-bond acceptors (Lipinski definition) is 4. The molecule has 2 atom stereocenters. The molecule has 0 radical (unpaired) electrons. The Kier molecular flexibility index (Phi) is 4.23. The number of rotatable bonds is 2. The first-order valence-corrected chi connectivity index (χ1v) is 9.81. The minimum absolute atomic E-state index is 0.0666. The lowest BCUT2D eigenvalue weighted by Crippen LogP contribution is -2.47. The van der Waals surface area contributed by atoms with E-state index in [0.29, 0.717) is 36.8 Å². The molecule has 0 amide bonds. The fourth-order valence-electron chi connectivity index (χ4n) is 4.70. The normalized spacial score (nSPS) is 20.9. The monoisotopic (exact) mass is 415 g/mol. The number of aromatic nitrogens is 4. The largest absolute Gasteiger partial charge is 0.416 e. The van der Waals surface area contributed by atoms with Crippen LogP contribution in [0.25, 0.3) is 11.4 Å². The van der Waals surface area contributed by atoms with Gasteiger partial charge in [-0.3, -0.25) is 4.79 Å². The summed E-state index contributed by atoms with van der Waals surface area (Å²) in [5, 5.41) is 0. The third-order valence-electron chi connectivity index (χ3n) is 6.06. The third kappa shape index (κ3) is 3.09. The van der Waals surface area contributed by atoms with Gasteiger partial charge in [0.25, 0.3) is 5.56 Å². The Bertz CT molecular complexity index is 1170. The van der Waals surface area contributed by atoms with Crippen LogP contribution in [0, 0.1) is 5.92 Å². The van der Waals surface area contributed by atoms with Gasteiger partial charge >= 0.3 is 6.18 Å². The van der Waals surface area contributed by atoms with Crippen LogP contribution in [-0.2, 0) is 19.8 Å². The first kappa shape index (κ1) is 18.9. The van der Waals surface area contributed by atoms with E-state index in [1.807, 2.05) is 27.1 Å². The van der Waals surface area contributed by atoms with E-state index in [-0.39, 0.29) is 17.4 Å². The molecule has 0 spiro atoms. The number of anilines is 1. The van der Waals surface area contributed by atoms with E-state index in [0.717, 1.165) is 24.2 Å². The quantitative estimate of drug-likeness (QED) is 0.645. The van der Waals surface area contributed by atoms with Crippen molar-refractivity contribution in [2.45, 2.75) is 25.1 Å². The van der Waals surface area contributed by atoms with Crippen molar-refractivity contribution in [3.8, 4) is 11.4 Å². The Morgan fingerprint density at radius 2 is 1.90 bits per heavy atom. The van der Waals surface area contributed by atoms with Crippen molar-refractivity contribution in [2.24, 2.45) is 13.0 Å². The summed E-state index contributed by atoms with van der Waals surface area (Å²) >= 11 is 0. The van der Waals surface area contributed by atoms with Crippen LogP contribution in [0.5, 0.6) is 0 Å². The molecule has 30 heavy (non-hydrogen) atoms. The zero-order valence-electron chi connectivity index (χ0n) is 16.3. The van der Waals surface area contributed by atoms with E-state index in [4.69, 9.17) is 0 Å². The molecule has 2 bridgehead atoms. The van der Waals surface area contributed by atoms with Crippen LogP contribution in [0.4, 0.5) is 19.0 Å². The Balaban J connectivity index is 1.48. The summed E-state index contributed by atoms with van der Waals surface area (Å²) in [7, 11) is 1.85. The summed E-state index contributed by atoms with van der Waals surface area (Å²) in [6, 6.07) is 5.86. The second kappa shape index (κ2) is 6.72. The second-order valence-corrected chi connectivity index (χ2v) is 8.05. The molecule has 0 aromatic carbocycles. The molecule has 156 valence electrons. The molecule has 9 heteroatoms. The highest BCUT2D eigenvalue weighted by molar-refractivity contribution is 5.55. The molecule has 3 aromatic rings. The average molecular weight is 415 g/mol. The molecule has 0 saturated carbocycles. The van der Waals surface area contributed by atoms with Crippen LogP contribution in [0.15, 0.2) is 47.7 Å². The summed E-state index contributed by atoms with van der Waals surface area (Å²) in [6.45, 7) is 1.65. The van der Waals surface area contributed by atoms with Crippen LogP contribution in [0.2, 0.25) is 0 Å². The number of fused-ring (bicyclic) bond motifs is 4. The lowest BCUT2D eigenvalue weighted by molar-refractivity contribution is -0.137. The summed E-state index contributed by atoms with van der Waals surface area (Å²) < 4.78 is 42.9. The first-order chi connectivity index (χ1) is 14.3. The predicted octanol–water partition coefficient (Wildman–Crippen LogP) is 3.29. The number of alkyl halides is 3. The highest BCUT2D eigenvalue weighted by atomic mass is 19.4. The highest BCUT2D eigenvalue weighted by Gasteiger charge is 2.37. The number of pyridine rings is 2. The van der Waals surface area contributed by atoms with Gasteiger partial charge in [-0.15, -0.1) is 0 Å². The zero-order valence-corrected chi connectivity index (χ0v) is 16.3. The Morgan fingerprint density at radius 3 is 2.63 bits per heavy atom. The number of nitrogens with zero attached hydrogens (tertiary/aromatic N) is 5. The predicted molar refractivity (Wildman–Crippen MR) is 105 cm³/mol. The molecule has 3 aromatic heterocycles. The molecule has 0 N–H and O–H groups in total. The van der Waals surface area contributed by atoms with Gasteiger partial charge in [-0.25, -0.2) is 9.97 Å². The number of imidazole rings is 1. The van der Waals surface area contributed by atoms with Gasteiger partial charge in [0, 0.05) is 56.9 Å². The van der Waals surface area contributed by atoms with Crippen LogP contribution >= 0.6 is 0 Å². The summed E-state index contributed by atoms with van der Waals surface area (Å²) in [5.41, 5.74) is 0.718. The van der Waals surface area contributed by atoms with Gasteiger partial charge in [0.15, 0.2) is 0 Å². The smallest absolute Gasteiger partial charge is 0.356 e. The Labute approximate surface area is 170 Å². The number of halogens is 3. The molecule has 0 aliphatic carbocycles. The minimum atomic E-state index is -4.40. The van der Waals surface area contributed by atoms with E-state index in [1.165, 1.54) is 6.20 Å². The SMILES string of the molecule is Cn1ccnc1-c1ccc2n(c1=O)C[C@H]1C[C@@H]2CN(c2cc(C(F)(F)F)ccn2)C1. The topological polar surface area (TPSA) is 56.0 Å². The van der Waals surface area contributed by atoms with Gasteiger partial charge in [-0.1, -0.05) is 0 Å². The van der Waals surface area contributed by atoms with Gasteiger partial charge in [0.05, 0.1) is 11.1 Å². The fraction of sp³-hybridized carbons (Fsp3) is 0.381. The number of aryl methyl sites for hydroxylation is 1. The standard InChI is InChI=1S/C21H20F3N5O/c1-27-7-6-26-19(27)16-2-3-17-14-8-13(11-29(17)20(16)30)10-28(12-14)18-9-15(4-5-25-18)21(22,23)24/h2-7,9,13-14H,8,10-12H2,1H3/t13-,14+/m0/s1. The number of piperidine rings is 1. The van der Waals surface area contributed by atoms with Crippen molar-refractivity contribution in [3.05, 3.63) is 64.5 Å². The van der Waals surface area contributed by atoms with Crippen LogP contribution in [0.1, 0.15) is 23.6 Å². The first-order valence-electron chi connectivity index (χ1n) is 9.81. The maximum atomic E-state index is 13.2. The molecule has 2 aliphatic heterocycles. The minimum Gasteiger partial charge on any atom is -0.356 e. The molecule has 1 saturated heterocycles. The molecule has 6 nitrogen and oxygen atoms in total. The van der Waals surface area contributed by atoms with E-state index in [1.54, 1.807) is 18.5 Å². The highest BCUT2D eigenvalue weighted by Crippen LogP contribution is 2.38. The maximum Gasteiger partial charge on any atom is 0.416 e. The van der Waals surface area contributed by atoms with Crippen molar-refractivity contribution in [3.63, 3.8) is 0 Å². The Hall–Kier alpha value is -3.10. The summed E-state index contributed by atoms with van der Waals surface area (Å²) in [6.07, 6.45) is 1.18. The molecule has 5 heterocycles. The van der Waals surface area contributed by atoms with Gasteiger partial charge in [0.1, 0.15) is 11.6 Å². The van der Waals surface area contributed by atoms with Crippen LogP contribution < -0.4 is 10.5 Å². The zero-order chi connectivity index (χ0) is 21.0. The molecular formula is C21H20F3N5O. The lowest BCUT2D eigenvalue weighted by Gasteiger charge is -2.43. The number of hydrogen-bond donors (Lipinski definition) is 0. The molecule has 1 fully saturated rings. The molecule has 2 aliphatic rings. The molecular weight excluding hydrogens is 395 g/mol. The van der Waals surface area contributed by atoms with Crippen molar-refractivity contribution < 1.29 is 13.2 Å². The molecule has 0 unspecified atom stereocenters. The lowest BCUT2D eigenvalue weighted by atomic mass is 9.83. The van der Waals surface area contributed by atoms with Gasteiger partial charge in [0.2, 0.25) is 0 Å². The van der Waals surface area contributed by atoms with Crippen LogP contribution in [0.3, 0.4) is 0 Å². The maximum absolute atomic E-state index is 13.2. The van der Waals surface area contributed by atoms with Gasteiger partial charge < -0.3 is 14.0 Å². The van der Waals surface area contributed by atoms with Crippen molar-refractivity contribution in [1.82, 2.24) is 19.1 Å². The van der Waals surface area contributed by atoms with Gasteiger partial charge in [-0.2, -0.15) is 13.2 Å². The van der Waals surface area contributed by atoms with E-state index >= 15 is 0 Å². The fourth-order valence-corrected chi connectivity index (χ4v) is 4.70. The third-order valence-corrected chi connectivity index (χ3v) is 6.06. The molecule has 5 rings (SSSR count). The second-order valence-electron chi connectivity index (χ2n) is 8.05. The van der Waals surface area contributed by atoms with Crippen molar-refractivity contribution in [2.75, 3.05) is 18.0 Å². The van der Waals surface area contributed by atoms with E-state index < -0.39 is 11.7 Å². The van der Waals surface area contributed by atoms with Crippen molar-refractivity contribution in [1.29, 1.82) is 0 Å². The Morgan fingerprint density at radius 1 is 1.07 bits per heavy atom. The van der Waals surface area contributed by atoms with E-state index in [2.05, 4.69) is 9.97 Å². The summed E-state index contributed by atoms with van der Waals surface area (Å²) in [4.78, 5) is 23.5. The van der Waals surface area contributed by atoms with Crippen LogP contribution in [-0.4, -0.2) is 32.2 Å². The summed E-state index contributed by atoms with van der Waals surface area (Å²) in [5.74, 6) is 1.19. The van der Waals surface area contributed by atoms with Crippen molar-refractivity contribution >= 4 is 5.82 Å². The average Bonchev–Trinajstić information content (AvgIpc) is 3.14. The van der Waals surface area contributed by atoms with E-state index in [9.17, 15) is 18.0 Å². The van der Waals surface area contributed by atoms with Gasteiger partial charge in [-0.05, 0) is 36.6 Å².